The Morgan fingerprint density at radius 1 is 1.31 bits per heavy atom. The first kappa shape index (κ1) is 13.2. The van der Waals surface area contributed by atoms with Gasteiger partial charge in [-0.3, -0.25) is 0 Å². The normalized spacial score (nSPS) is 14.8. The molecule has 4 heteroatoms. The minimum absolute atomic E-state index is 0.188. The number of nitrogens with zero attached hydrogens (tertiary/aromatic N) is 2. The van der Waals surface area contributed by atoms with Crippen molar-refractivity contribution in [3.63, 3.8) is 0 Å². The molecular weight excluding hydrogens is 224 g/mol. The van der Waals surface area contributed by atoms with Crippen molar-refractivity contribution >= 4 is 11.6 Å². The SMILES string of the molecule is CCC(C)c1ncc(C(C)CC)[n+]([O-])c1Cl. The van der Waals surface area contributed by atoms with Crippen molar-refractivity contribution in [2.24, 2.45) is 0 Å². The number of halogens is 1. The quantitative estimate of drug-likeness (QED) is 0.600. The van der Waals surface area contributed by atoms with E-state index in [4.69, 9.17) is 11.6 Å². The summed E-state index contributed by atoms with van der Waals surface area (Å²) in [5, 5.41) is 12.2. The van der Waals surface area contributed by atoms with Gasteiger partial charge in [-0.05, 0) is 24.4 Å². The van der Waals surface area contributed by atoms with E-state index in [0.717, 1.165) is 17.6 Å². The summed E-state index contributed by atoms with van der Waals surface area (Å²) in [7, 11) is 0. The molecule has 1 rings (SSSR count). The van der Waals surface area contributed by atoms with Crippen LogP contribution in [0.1, 0.15) is 63.8 Å². The maximum absolute atomic E-state index is 12.0. The first-order valence-corrected chi connectivity index (χ1v) is 6.18. The second-order valence-corrected chi connectivity index (χ2v) is 4.63. The Morgan fingerprint density at radius 2 is 1.88 bits per heavy atom. The van der Waals surface area contributed by atoms with Gasteiger partial charge in [-0.15, -0.1) is 0 Å². The molecule has 0 bridgehead atoms. The lowest BCUT2D eigenvalue weighted by Crippen LogP contribution is -2.36. The molecule has 3 nitrogen and oxygen atoms in total. The Labute approximate surface area is 102 Å². The summed E-state index contributed by atoms with van der Waals surface area (Å²) in [6.45, 7) is 8.13. The van der Waals surface area contributed by atoms with Crippen LogP contribution in [-0.4, -0.2) is 4.98 Å². The minimum Gasteiger partial charge on any atom is -0.617 e. The maximum atomic E-state index is 12.0. The zero-order valence-corrected chi connectivity index (χ0v) is 11.1. The van der Waals surface area contributed by atoms with Crippen LogP contribution in [-0.2, 0) is 0 Å². The molecule has 0 N–H and O–H groups in total. The molecule has 1 aromatic rings. The van der Waals surface area contributed by atoms with Gasteiger partial charge in [0.1, 0.15) is 5.69 Å². The van der Waals surface area contributed by atoms with Crippen molar-refractivity contribution in [2.75, 3.05) is 0 Å². The van der Waals surface area contributed by atoms with Gasteiger partial charge in [0.2, 0.25) is 5.69 Å². The van der Waals surface area contributed by atoms with E-state index in [-0.39, 0.29) is 17.0 Å². The van der Waals surface area contributed by atoms with Crippen molar-refractivity contribution in [2.45, 2.75) is 52.4 Å². The van der Waals surface area contributed by atoms with Crippen molar-refractivity contribution < 1.29 is 4.73 Å². The fraction of sp³-hybridized carbons (Fsp3) is 0.667. The van der Waals surface area contributed by atoms with E-state index in [1.165, 1.54) is 0 Å². The van der Waals surface area contributed by atoms with Gasteiger partial charge in [-0.1, -0.05) is 27.7 Å². The molecule has 90 valence electrons. The maximum Gasteiger partial charge on any atom is 0.308 e. The largest absolute Gasteiger partial charge is 0.617 e. The van der Waals surface area contributed by atoms with Gasteiger partial charge in [0.15, 0.2) is 0 Å². The van der Waals surface area contributed by atoms with Gasteiger partial charge in [-0.2, -0.15) is 4.73 Å². The fourth-order valence-corrected chi connectivity index (χ4v) is 1.85. The van der Waals surface area contributed by atoms with Crippen LogP contribution in [0.2, 0.25) is 5.15 Å². The summed E-state index contributed by atoms with van der Waals surface area (Å²) in [5.74, 6) is 0.409. The second kappa shape index (κ2) is 5.48. The summed E-state index contributed by atoms with van der Waals surface area (Å²) in [6, 6.07) is 0. The highest BCUT2D eigenvalue weighted by atomic mass is 35.5. The molecule has 0 saturated carbocycles. The number of hydrogen-bond donors (Lipinski definition) is 0. The number of hydrogen-bond acceptors (Lipinski definition) is 2. The summed E-state index contributed by atoms with van der Waals surface area (Å²) in [4.78, 5) is 4.33. The average molecular weight is 243 g/mol. The van der Waals surface area contributed by atoms with Crippen LogP contribution in [0.25, 0.3) is 0 Å². The zero-order valence-electron chi connectivity index (χ0n) is 10.3. The van der Waals surface area contributed by atoms with Crippen molar-refractivity contribution in [1.82, 2.24) is 4.98 Å². The average Bonchev–Trinajstić information content (AvgIpc) is 2.30. The smallest absolute Gasteiger partial charge is 0.308 e. The molecule has 1 aromatic heterocycles. The Balaban J connectivity index is 3.18. The van der Waals surface area contributed by atoms with Crippen LogP contribution in [0.15, 0.2) is 6.20 Å². The van der Waals surface area contributed by atoms with E-state index in [0.29, 0.717) is 11.4 Å². The Morgan fingerprint density at radius 3 is 2.38 bits per heavy atom. The van der Waals surface area contributed by atoms with Gasteiger partial charge >= 0.3 is 5.15 Å². The van der Waals surface area contributed by atoms with E-state index >= 15 is 0 Å². The van der Waals surface area contributed by atoms with Crippen molar-refractivity contribution in [3.8, 4) is 0 Å². The summed E-state index contributed by atoms with van der Waals surface area (Å²) in [6.07, 6.45) is 3.49. The van der Waals surface area contributed by atoms with E-state index in [9.17, 15) is 5.21 Å². The monoisotopic (exact) mass is 242 g/mol. The predicted molar refractivity (Wildman–Crippen MR) is 65.6 cm³/mol. The highest BCUT2D eigenvalue weighted by molar-refractivity contribution is 6.29. The zero-order chi connectivity index (χ0) is 12.3. The molecule has 2 unspecified atom stereocenters. The van der Waals surface area contributed by atoms with Gasteiger partial charge in [-0.25, -0.2) is 4.98 Å². The topological polar surface area (TPSA) is 39.8 Å². The summed E-state index contributed by atoms with van der Waals surface area (Å²) >= 11 is 6.06. The van der Waals surface area contributed by atoms with Gasteiger partial charge in [0, 0.05) is 11.8 Å². The fourth-order valence-electron chi connectivity index (χ4n) is 1.52. The molecule has 0 amide bonds. The standard InChI is InChI=1S/C12H19ClN2O/c1-5-8(3)10-7-14-11(9(4)6-2)12(13)15(10)16/h7-9H,5-6H2,1-4H3. The molecule has 0 aromatic carbocycles. The molecule has 2 atom stereocenters. The van der Waals surface area contributed by atoms with E-state index in [2.05, 4.69) is 11.9 Å². The molecule has 0 aliphatic carbocycles. The minimum atomic E-state index is 0.188. The first-order valence-electron chi connectivity index (χ1n) is 5.80. The lowest BCUT2D eigenvalue weighted by Gasteiger charge is -2.14. The van der Waals surface area contributed by atoms with Crippen molar-refractivity contribution in [1.29, 1.82) is 0 Å². The molecule has 0 saturated heterocycles. The van der Waals surface area contributed by atoms with Gasteiger partial charge < -0.3 is 5.21 Å². The third-order valence-electron chi connectivity index (χ3n) is 3.16. The molecule has 1 heterocycles. The van der Waals surface area contributed by atoms with Crippen LogP contribution >= 0.6 is 11.6 Å². The van der Waals surface area contributed by atoms with Crippen LogP contribution in [0.5, 0.6) is 0 Å². The second-order valence-electron chi connectivity index (χ2n) is 4.27. The Kier molecular flexibility index (Phi) is 4.54. The third kappa shape index (κ3) is 2.46. The molecule has 0 radical (unpaired) electrons. The lowest BCUT2D eigenvalue weighted by molar-refractivity contribution is -0.614. The van der Waals surface area contributed by atoms with Crippen LogP contribution in [0, 0.1) is 5.21 Å². The summed E-state index contributed by atoms with van der Waals surface area (Å²) in [5.41, 5.74) is 1.35. The molecule has 16 heavy (non-hydrogen) atoms. The van der Waals surface area contributed by atoms with Gasteiger partial charge in [0.05, 0.1) is 6.20 Å². The van der Waals surface area contributed by atoms with E-state index in [1.807, 2.05) is 20.8 Å². The first-order chi connectivity index (χ1) is 7.52. The molecule has 0 fully saturated rings. The molecule has 0 aliphatic rings. The number of rotatable bonds is 4. The molecule has 0 spiro atoms. The highest BCUT2D eigenvalue weighted by Crippen LogP contribution is 2.24. The summed E-state index contributed by atoms with van der Waals surface area (Å²) < 4.78 is 0.824. The third-order valence-corrected chi connectivity index (χ3v) is 3.50. The number of aromatic nitrogens is 2. The van der Waals surface area contributed by atoms with E-state index in [1.54, 1.807) is 6.20 Å². The van der Waals surface area contributed by atoms with Crippen LogP contribution < -0.4 is 4.73 Å². The van der Waals surface area contributed by atoms with Crippen LogP contribution in [0.3, 0.4) is 0 Å². The van der Waals surface area contributed by atoms with Crippen molar-refractivity contribution in [3.05, 3.63) is 27.9 Å². The lowest BCUT2D eigenvalue weighted by atomic mass is 10.0. The highest BCUT2D eigenvalue weighted by Gasteiger charge is 2.22. The molecular formula is C12H19ClN2O. The van der Waals surface area contributed by atoms with Crippen LogP contribution in [0.4, 0.5) is 0 Å². The Bertz CT molecular complexity index is 333. The predicted octanol–water partition coefficient (Wildman–Crippen LogP) is 3.40. The molecule has 0 aliphatic heterocycles. The van der Waals surface area contributed by atoms with E-state index < -0.39 is 0 Å². The van der Waals surface area contributed by atoms with Gasteiger partial charge in [0.25, 0.3) is 0 Å². The Hall–Kier alpha value is -0.830.